The first kappa shape index (κ1) is 22.1. The van der Waals surface area contributed by atoms with E-state index in [9.17, 15) is 9.59 Å². The van der Waals surface area contributed by atoms with Crippen molar-refractivity contribution in [2.75, 3.05) is 18.2 Å². The lowest BCUT2D eigenvalue weighted by Crippen LogP contribution is -2.21. The minimum Gasteiger partial charge on any atom is -0.490 e. The maximum Gasteiger partial charge on any atom is 0.341 e. The number of para-hydroxylation sites is 1. The fraction of sp³-hybridized carbons (Fsp3) is 0.190. The second-order valence-electron chi connectivity index (χ2n) is 6.26. The van der Waals surface area contributed by atoms with Gasteiger partial charge < -0.3 is 14.6 Å². The molecular weight excluding hydrogens is 523 g/mol. The van der Waals surface area contributed by atoms with Gasteiger partial charge in [0, 0.05) is 0 Å². The summed E-state index contributed by atoms with van der Waals surface area (Å²) >= 11 is 8.26. The molecule has 1 aliphatic heterocycles. The third kappa shape index (κ3) is 4.76. The highest BCUT2D eigenvalue weighted by atomic mass is 127. The van der Waals surface area contributed by atoms with Crippen molar-refractivity contribution in [2.45, 2.75) is 13.8 Å². The Hall–Kier alpha value is -2.59. The number of halogens is 2. The molecule has 1 N–H and O–H groups in total. The number of carbonyl (C=O) groups is 2. The quantitative estimate of drug-likeness (QED) is 0.409. The van der Waals surface area contributed by atoms with Crippen molar-refractivity contribution in [3.05, 3.63) is 56.1 Å². The summed E-state index contributed by atoms with van der Waals surface area (Å²) in [6.07, 6.45) is 1.71. The summed E-state index contributed by atoms with van der Waals surface area (Å²) < 4.78 is 11.7. The van der Waals surface area contributed by atoms with Gasteiger partial charge in [0.25, 0.3) is 5.91 Å². The molecule has 0 atom stereocenters. The van der Waals surface area contributed by atoms with Crippen molar-refractivity contribution in [3.8, 4) is 11.5 Å². The molecule has 1 amide bonds. The average molecular weight is 541 g/mol. The minimum absolute atomic E-state index is 0.292. The minimum atomic E-state index is -1.08. The lowest BCUT2D eigenvalue weighted by atomic mass is 10.1. The Balaban J connectivity index is 1.96. The van der Waals surface area contributed by atoms with Gasteiger partial charge in [-0.2, -0.15) is 10.1 Å². The first-order chi connectivity index (χ1) is 14.3. The highest BCUT2D eigenvalue weighted by molar-refractivity contribution is 14.1. The van der Waals surface area contributed by atoms with Gasteiger partial charge in [0.05, 0.1) is 32.2 Å². The van der Waals surface area contributed by atoms with Crippen LogP contribution >= 0.6 is 34.2 Å². The van der Waals surface area contributed by atoms with E-state index in [1.54, 1.807) is 49.4 Å². The Bertz CT molecular complexity index is 1070. The van der Waals surface area contributed by atoms with E-state index in [0.717, 1.165) is 0 Å². The summed E-state index contributed by atoms with van der Waals surface area (Å²) in [5.74, 6) is -0.620. The van der Waals surface area contributed by atoms with Gasteiger partial charge in [-0.15, -0.1) is 0 Å². The summed E-state index contributed by atoms with van der Waals surface area (Å²) in [7, 11) is 0. The molecule has 0 aliphatic carbocycles. The van der Waals surface area contributed by atoms with Crippen LogP contribution in [0.25, 0.3) is 6.08 Å². The van der Waals surface area contributed by atoms with Gasteiger partial charge in [-0.3, -0.25) is 4.79 Å². The van der Waals surface area contributed by atoms with Crippen molar-refractivity contribution in [1.29, 1.82) is 0 Å². The predicted octanol–water partition coefficient (Wildman–Crippen LogP) is 4.61. The number of ether oxygens (including phenoxy) is 2. The molecule has 0 spiro atoms. The van der Waals surface area contributed by atoms with Crippen LogP contribution in [0.2, 0.25) is 5.02 Å². The number of aliphatic carboxylic acids is 1. The van der Waals surface area contributed by atoms with E-state index in [4.69, 9.17) is 26.2 Å². The van der Waals surface area contributed by atoms with Crippen LogP contribution in [-0.2, 0) is 9.59 Å². The first-order valence-corrected chi connectivity index (χ1v) is 10.4. The second-order valence-corrected chi connectivity index (χ2v) is 7.83. The monoisotopic (exact) mass is 540 g/mol. The zero-order valence-electron chi connectivity index (χ0n) is 16.2. The number of hydrazone groups is 1. The highest BCUT2D eigenvalue weighted by Gasteiger charge is 2.30. The van der Waals surface area contributed by atoms with Gasteiger partial charge in [0.2, 0.25) is 0 Å². The van der Waals surface area contributed by atoms with Crippen LogP contribution in [-0.4, -0.2) is 35.9 Å². The molecule has 0 aromatic heterocycles. The molecule has 2 aromatic carbocycles. The molecule has 1 heterocycles. The predicted molar refractivity (Wildman–Crippen MR) is 123 cm³/mol. The number of hydrogen-bond acceptors (Lipinski definition) is 5. The summed E-state index contributed by atoms with van der Waals surface area (Å²) in [4.78, 5) is 23.8. The Morgan fingerprint density at radius 3 is 2.70 bits per heavy atom. The second kappa shape index (κ2) is 9.48. The molecule has 0 fully saturated rings. The van der Waals surface area contributed by atoms with Crippen molar-refractivity contribution in [1.82, 2.24) is 0 Å². The van der Waals surface area contributed by atoms with E-state index in [1.165, 1.54) is 5.01 Å². The third-order valence-electron chi connectivity index (χ3n) is 4.13. The number of carbonyl (C=O) groups excluding carboxylic acids is 1. The van der Waals surface area contributed by atoms with Crippen LogP contribution in [0, 0.1) is 3.57 Å². The summed E-state index contributed by atoms with van der Waals surface area (Å²) in [6, 6.07) is 10.5. The molecular formula is C21H18ClIN2O5. The number of carboxylic acid groups (broad SMARTS) is 1. The summed E-state index contributed by atoms with van der Waals surface area (Å²) in [6.45, 7) is 3.46. The fourth-order valence-electron chi connectivity index (χ4n) is 2.85. The van der Waals surface area contributed by atoms with Gasteiger partial charge in [0.15, 0.2) is 18.1 Å². The van der Waals surface area contributed by atoms with Crippen LogP contribution in [0.4, 0.5) is 5.69 Å². The first-order valence-electron chi connectivity index (χ1n) is 8.99. The van der Waals surface area contributed by atoms with Gasteiger partial charge in [-0.05, 0) is 72.3 Å². The van der Waals surface area contributed by atoms with Crippen molar-refractivity contribution < 1.29 is 24.2 Å². The molecule has 0 saturated heterocycles. The SMILES string of the molecule is CCOc1cc(/C=C2/C(=O)N(c3ccccc3Cl)N=C2C)cc(I)c1OCC(=O)O. The molecule has 2 aromatic rings. The van der Waals surface area contributed by atoms with E-state index >= 15 is 0 Å². The number of rotatable bonds is 7. The van der Waals surface area contributed by atoms with Crippen LogP contribution in [0.3, 0.4) is 0 Å². The average Bonchev–Trinajstić information content (AvgIpc) is 2.96. The van der Waals surface area contributed by atoms with Gasteiger partial charge >= 0.3 is 5.97 Å². The molecule has 3 rings (SSSR count). The van der Waals surface area contributed by atoms with Gasteiger partial charge in [0.1, 0.15) is 0 Å². The van der Waals surface area contributed by atoms with Gasteiger partial charge in [-0.1, -0.05) is 23.7 Å². The number of nitrogens with zero attached hydrogens (tertiary/aromatic N) is 2. The third-order valence-corrected chi connectivity index (χ3v) is 5.25. The molecule has 0 unspecified atom stereocenters. The Kier molecular flexibility index (Phi) is 6.99. The van der Waals surface area contributed by atoms with Crippen LogP contribution in [0.5, 0.6) is 11.5 Å². The number of hydrogen-bond donors (Lipinski definition) is 1. The largest absolute Gasteiger partial charge is 0.490 e. The topological polar surface area (TPSA) is 88.4 Å². The number of benzene rings is 2. The van der Waals surface area contributed by atoms with E-state index in [2.05, 4.69) is 5.10 Å². The van der Waals surface area contributed by atoms with E-state index in [1.807, 2.05) is 29.5 Å². The number of carboxylic acids is 1. The fourth-order valence-corrected chi connectivity index (χ4v) is 3.84. The van der Waals surface area contributed by atoms with Crippen LogP contribution in [0.1, 0.15) is 19.4 Å². The Labute approximate surface area is 192 Å². The molecule has 0 saturated carbocycles. The zero-order chi connectivity index (χ0) is 21.8. The number of amides is 1. The molecule has 0 radical (unpaired) electrons. The zero-order valence-corrected chi connectivity index (χ0v) is 19.1. The summed E-state index contributed by atoms with van der Waals surface area (Å²) in [5.41, 5.74) is 2.19. The van der Waals surface area contributed by atoms with E-state index in [-0.39, 0.29) is 5.91 Å². The smallest absolute Gasteiger partial charge is 0.341 e. The molecule has 7 nitrogen and oxygen atoms in total. The van der Waals surface area contributed by atoms with E-state index in [0.29, 0.717) is 49.2 Å². The Morgan fingerprint density at radius 2 is 2.03 bits per heavy atom. The molecule has 9 heteroatoms. The lowest BCUT2D eigenvalue weighted by molar-refractivity contribution is -0.139. The summed E-state index contributed by atoms with van der Waals surface area (Å²) in [5, 5.41) is 14.9. The standard InChI is InChI=1S/C21H18ClIN2O5/c1-3-29-18-10-13(9-16(23)20(18)30-11-19(26)27)8-14-12(2)24-25(21(14)28)17-7-5-4-6-15(17)22/h4-10H,3,11H2,1-2H3,(H,26,27)/b14-8+. The number of anilines is 1. The maximum absolute atomic E-state index is 13.0. The van der Waals surface area contributed by atoms with Crippen molar-refractivity contribution in [3.63, 3.8) is 0 Å². The Morgan fingerprint density at radius 1 is 1.30 bits per heavy atom. The lowest BCUT2D eigenvalue weighted by Gasteiger charge is -2.14. The van der Waals surface area contributed by atoms with E-state index < -0.39 is 12.6 Å². The maximum atomic E-state index is 13.0. The van der Waals surface area contributed by atoms with Crippen molar-refractivity contribution in [2.24, 2.45) is 5.10 Å². The van der Waals surface area contributed by atoms with Crippen molar-refractivity contribution >= 4 is 63.5 Å². The molecule has 30 heavy (non-hydrogen) atoms. The molecule has 0 bridgehead atoms. The molecule has 156 valence electrons. The van der Waals surface area contributed by atoms with Gasteiger partial charge in [-0.25, -0.2) is 4.79 Å². The molecule has 1 aliphatic rings. The normalized spacial score (nSPS) is 14.8. The van der Waals surface area contributed by atoms with Crippen LogP contribution in [0.15, 0.2) is 47.1 Å². The van der Waals surface area contributed by atoms with Crippen LogP contribution < -0.4 is 14.5 Å². The highest BCUT2D eigenvalue weighted by Crippen LogP contribution is 2.36.